The number of anilines is 1. The second kappa shape index (κ2) is 4.77. The maximum absolute atomic E-state index is 11.8. The molecule has 0 bridgehead atoms. The molecule has 0 atom stereocenters. The highest BCUT2D eigenvalue weighted by molar-refractivity contribution is 5.82. The number of nitrogens with one attached hydrogen (secondary N) is 1. The Hall–Kier alpha value is -1.89. The quantitative estimate of drug-likeness (QED) is 0.776. The van der Waals surface area contributed by atoms with Crippen LogP contribution in [0.3, 0.4) is 0 Å². The predicted molar refractivity (Wildman–Crippen MR) is 63.5 cm³/mol. The standard InChI is InChI=1S/C11H15N3O4/c1-14-5-4-12-8(9(14)15)13-11(10(16)17)2-6-18-7-3-11/h4-5H,2-3,6-7H2,1H3,(H,12,13)(H,16,17). The van der Waals surface area contributed by atoms with Gasteiger partial charge in [-0.3, -0.25) is 4.79 Å². The van der Waals surface area contributed by atoms with Crippen LogP contribution in [0, 0.1) is 0 Å². The highest BCUT2D eigenvalue weighted by atomic mass is 16.5. The van der Waals surface area contributed by atoms with Crippen LogP contribution in [0.5, 0.6) is 0 Å². The van der Waals surface area contributed by atoms with Crippen molar-refractivity contribution in [2.45, 2.75) is 18.4 Å². The van der Waals surface area contributed by atoms with Gasteiger partial charge in [0.2, 0.25) is 0 Å². The zero-order valence-electron chi connectivity index (χ0n) is 10.0. The van der Waals surface area contributed by atoms with Crippen LogP contribution in [-0.2, 0) is 16.6 Å². The van der Waals surface area contributed by atoms with Gasteiger partial charge >= 0.3 is 5.97 Å². The van der Waals surface area contributed by atoms with Gasteiger partial charge in [0, 0.05) is 45.5 Å². The molecule has 2 rings (SSSR count). The predicted octanol–water partition coefficient (Wildman–Crippen LogP) is -0.174. The lowest BCUT2D eigenvalue weighted by Crippen LogP contribution is -2.51. The average molecular weight is 253 g/mol. The summed E-state index contributed by atoms with van der Waals surface area (Å²) < 4.78 is 6.51. The van der Waals surface area contributed by atoms with Crippen molar-refractivity contribution in [1.82, 2.24) is 9.55 Å². The van der Waals surface area contributed by atoms with Crippen molar-refractivity contribution in [2.75, 3.05) is 18.5 Å². The molecule has 2 N–H and O–H groups in total. The summed E-state index contributed by atoms with van der Waals surface area (Å²) in [5, 5.41) is 12.1. The zero-order valence-corrected chi connectivity index (χ0v) is 10.0. The summed E-state index contributed by atoms with van der Waals surface area (Å²) in [7, 11) is 1.59. The summed E-state index contributed by atoms with van der Waals surface area (Å²) in [6.07, 6.45) is 3.59. The number of carboxylic acids is 1. The first-order chi connectivity index (χ1) is 8.55. The summed E-state index contributed by atoms with van der Waals surface area (Å²) in [6, 6.07) is 0. The molecule has 0 aromatic carbocycles. The molecule has 1 aromatic rings. The van der Waals surface area contributed by atoms with Crippen LogP contribution >= 0.6 is 0 Å². The van der Waals surface area contributed by atoms with Gasteiger partial charge in [-0.15, -0.1) is 0 Å². The van der Waals surface area contributed by atoms with Crippen LogP contribution < -0.4 is 10.9 Å². The van der Waals surface area contributed by atoms with E-state index in [9.17, 15) is 14.7 Å². The van der Waals surface area contributed by atoms with E-state index < -0.39 is 11.5 Å². The van der Waals surface area contributed by atoms with Crippen LogP contribution in [0.1, 0.15) is 12.8 Å². The van der Waals surface area contributed by atoms with Gasteiger partial charge in [0.05, 0.1) is 0 Å². The van der Waals surface area contributed by atoms with E-state index >= 15 is 0 Å². The third kappa shape index (κ3) is 2.21. The van der Waals surface area contributed by atoms with Crippen molar-refractivity contribution < 1.29 is 14.6 Å². The van der Waals surface area contributed by atoms with E-state index in [1.807, 2.05) is 0 Å². The molecule has 0 radical (unpaired) electrons. The maximum atomic E-state index is 11.8. The number of rotatable bonds is 3. The Bertz CT molecular complexity index is 505. The molecule has 0 unspecified atom stereocenters. The van der Waals surface area contributed by atoms with Crippen molar-refractivity contribution in [2.24, 2.45) is 7.05 Å². The Morgan fingerprint density at radius 2 is 2.22 bits per heavy atom. The van der Waals surface area contributed by atoms with Gasteiger partial charge in [0.25, 0.3) is 5.56 Å². The molecule has 1 saturated heterocycles. The lowest BCUT2D eigenvalue weighted by Gasteiger charge is -2.34. The first-order valence-corrected chi connectivity index (χ1v) is 5.66. The van der Waals surface area contributed by atoms with Gasteiger partial charge in [-0.1, -0.05) is 0 Å². The van der Waals surface area contributed by atoms with Gasteiger partial charge in [-0.2, -0.15) is 0 Å². The highest BCUT2D eigenvalue weighted by Crippen LogP contribution is 2.24. The fraction of sp³-hybridized carbons (Fsp3) is 0.545. The Morgan fingerprint density at radius 1 is 1.56 bits per heavy atom. The number of ether oxygens (including phenoxy) is 1. The molecule has 1 aliphatic heterocycles. The number of hydrogen-bond acceptors (Lipinski definition) is 5. The molecule has 7 heteroatoms. The fourth-order valence-corrected chi connectivity index (χ4v) is 1.92. The van der Waals surface area contributed by atoms with Gasteiger partial charge in [0.1, 0.15) is 5.54 Å². The van der Waals surface area contributed by atoms with Crippen LogP contribution in [0.4, 0.5) is 5.82 Å². The van der Waals surface area contributed by atoms with E-state index in [0.29, 0.717) is 26.1 Å². The van der Waals surface area contributed by atoms with E-state index in [2.05, 4.69) is 10.3 Å². The van der Waals surface area contributed by atoms with E-state index in [1.54, 1.807) is 7.05 Å². The van der Waals surface area contributed by atoms with E-state index in [0.717, 1.165) is 0 Å². The number of nitrogens with zero attached hydrogens (tertiary/aromatic N) is 2. The molecule has 0 aliphatic carbocycles. The Balaban J connectivity index is 2.32. The minimum atomic E-state index is -1.17. The topological polar surface area (TPSA) is 93.5 Å². The third-order valence-electron chi connectivity index (χ3n) is 3.13. The number of carboxylic acid groups (broad SMARTS) is 1. The highest BCUT2D eigenvalue weighted by Gasteiger charge is 2.41. The summed E-state index contributed by atoms with van der Waals surface area (Å²) in [5.74, 6) is -0.928. The van der Waals surface area contributed by atoms with Crippen LogP contribution in [0.15, 0.2) is 17.2 Å². The van der Waals surface area contributed by atoms with Gasteiger partial charge in [-0.25, -0.2) is 9.78 Å². The number of hydrogen-bond donors (Lipinski definition) is 2. The molecule has 1 aliphatic rings. The van der Waals surface area contributed by atoms with Crippen LogP contribution in [0.25, 0.3) is 0 Å². The Labute approximate surface area is 103 Å². The smallest absolute Gasteiger partial charge is 0.329 e. The third-order valence-corrected chi connectivity index (χ3v) is 3.13. The molecule has 1 fully saturated rings. The minimum Gasteiger partial charge on any atom is -0.480 e. The summed E-state index contributed by atoms with van der Waals surface area (Å²) in [4.78, 5) is 27.2. The Morgan fingerprint density at radius 3 is 2.83 bits per heavy atom. The molecule has 7 nitrogen and oxygen atoms in total. The second-order valence-corrected chi connectivity index (χ2v) is 4.32. The van der Waals surface area contributed by atoms with Crippen molar-refractivity contribution in [3.63, 3.8) is 0 Å². The first kappa shape index (κ1) is 12.6. The number of carbonyl (C=O) groups is 1. The molecule has 18 heavy (non-hydrogen) atoms. The van der Waals surface area contributed by atoms with E-state index in [1.165, 1.54) is 17.0 Å². The molecule has 1 aromatic heterocycles. The normalized spacial score (nSPS) is 18.3. The van der Waals surface area contributed by atoms with Crippen LogP contribution in [0.2, 0.25) is 0 Å². The molecule has 2 heterocycles. The largest absolute Gasteiger partial charge is 0.480 e. The molecular weight excluding hydrogens is 238 g/mol. The average Bonchev–Trinajstić information content (AvgIpc) is 2.36. The monoisotopic (exact) mass is 253 g/mol. The van der Waals surface area contributed by atoms with Gasteiger partial charge in [-0.05, 0) is 0 Å². The molecule has 0 amide bonds. The van der Waals surface area contributed by atoms with Crippen molar-refractivity contribution >= 4 is 11.8 Å². The SMILES string of the molecule is Cn1ccnc(NC2(C(=O)O)CCOCC2)c1=O. The van der Waals surface area contributed by atoms with E-state index in [4.69, 9.17) is 4.74 Å². The minimum absolute atomic E-state index is 0.0595. The van der Waals surface area contributed by atoms with Crippen molar-refractivity contribution in [1.29, 1.82) is 0 Å². The lowest BCUT2D eigenvalue weighted by atomic mass is 9.90. The first-order valence-electron chi connectivity index (χ1n) is 5.66. The van der Waals surface area contributed by atoms with E-state index in [-0.39, 0.29) is 11.4 Å². The summed E-state index contributed by atoms with van der Waals surface area (Å²) in [5.41, 5.74) is -1.51. The summed E-state index contributed by atoms with van der Waals surface area (Å²) in [6.45, 7) is 0.707. The number of aliphatic carboxylic acids is 1. The van der Waals surface area contributed by atoms with Crippen LogP contribution in [-0.4, -0.2) is 39.4 Å². The molecule has 0 saturated carbocycles. The summed E-state index contributed by atoms with van der Waals surface area (Å²) >= 11 is 0. The maximum Gasteiger partial charge on any atom is 0.329 e. The zero-order chi connectivity index (χ0) is 13.2. The lowest BCUT2D eigenvalue weighted by molar-refractivity contribution is -0.145. The van der Waals surface area contributed by atoms with Gasteiger partial charge < -0.3 is 19.7 Å². The number of aromatic nitrogens is 2. The molecular formula is C11H15N3O4. The van der Waals surface area contributed by atoms with Crippen molar-refractivity contribution in [3.05, 3.63) is 22.7 Å². The number of aryl methyl sites for hydroxylation is 1. The van der Waals surface area contributed by atoms with Gasteiger partial charge in [0.15, 0.2) is 5.82 Å². The molecule has 0 spiro atoms. The Kier molecular flexibility index (Phi) is 3.33. The second-order valence-electron chi connectivity index (χ2n) is 4.32. The molecule has 98 valence electrons. The fourth-order valence-electron chi connectivity index (χ4n) is 1.92. The van der Waals surface area contributed by atoms with Crippen molar-refractivity contribution in [3.8, 4) is 0 Å².